The lowest BCUT2D eigenvalue weighted by atomic mass is 10.1. The fraction of sp³-hybridized carbons (Fsp3) is 0.500. The van der Waals surface area contributed by atoms with Gasteiger partial charge in [0.15, 0.2) is 5.22 Å². The second kappa shape index (κ2) is 2.54. The monoisotopic (exact) mass is 171 g/mol. The van der Waals surface area contributed by atoms with E-state index in [1.165, 1.54) is 5.56 Å². The number of rotatable bonds is 1. The van der Waals surface area contributed by atoms with Gasteiger partial charge in [-0.05, 0) is 36.2 Å². The Labute approximate surface area is 70.3 Å². The van der Waals surface area contributed by atoms with Gasteiger partial charge >= 0.3 is 0 Å². The molecule has 60 valence electrons. The van der Waals surface area contributed by atoms with Gasteiger partial charge in [0.25, 0.3) is 0 Å². The van der Waals surface area contributed by atoms with Crippen molar-refractivity contribution in [1.82, 2.24) is 0 Å². The number of hydrogen-bond acceptors (Lipinski definition) is 2. The summed E-state index contributed by atoms with van der Waals surface area (Å²) in [7, 11) is 0. The largest absolute Gasteiger partial charge is 0.449 e. The van der Waals surface area contributed by atoms with Gasteiger partial charge in [-0.25, -0.2) is 0 Å². The van der Waals surface area contributed by atoms with E-state index in [1.54, 1.807) is 0 Å². The van der Waals surface area contributed by atoms with E-state index in [0.717, 1.165) is 18.6 Å². The highest BCUT2D eigenvalue weighted by molar-refractivity contribution is 6.28. The zero-order valence-corrected chi connectivity index (χ0v) is 6.90. The maximum Gasteiger partial charge on any atom is 0.193 e. The SMILES string of the molecule is NCC1CCc2oc(Cl)cc21. The number of aryl methyl sites for hydroxylation is 1. The topological polar surface area (TPSA) is 39.2 Å². The average Bonchev–Trinajstić information content (AvgIpc) is 2.45. The molecular weight excluding hydrogens is 162 g/mol. The fourth-order valence-corrected chi connectivity index (χ4v) is 1.87. The molecule has 2 N–H and O–H groups in total. The van der Waals surface area contributed by atoms with Crippen LogP contribution in [0.4, 0.5) is 0 Å². The minimum Gasteiger partial charge on any atom is -0.449 e. The Morgan fingerprint density at radius 1 is 1.73 bits per heavy atom. The third-order valence-corrected chi connectivity index (χ3v) is 2.44. The van der Waals surface area contributed by atoms with Crippen LogP contribution in [0.25, 0.3) is 0 Å². The van der Waals surface area contributed by atoms with Gasteiger partial charge in [-0.15, -0.1) is 0 Å². The molecule has 1 aliphatic carbocycles. The second-order valence-corrected chi connectivity index (χ2v) is 3.27. The summed E-state index contributed by atoms with van der Waals surface area (Å²) in [6, 6.07) is 1.89. The van der Waals surface area contributed by atoms with Crippen molar-refractivity contribution < 1.29 is 4.42 Å². The first-order chi connectivity index (χ1) is 5.31. The zero-order chi connectivity index (χ0) is 7.84. The number of fused-ring (bicyclic) bond motifs is 1. The van der Waals surface area contributed by atoms with Gasteiger partial charge in [-0.3, -0.25) is 0 Å². The van der Waals surface area contributed by atoms with Crippen LogP contribution in [-0.2, 0) is 6.42 Å². The van der Waals surface area contributed by atoms with Crippen molar-refractivity contribution in [3.8, 4) is 0 Å². The van der Waals surface area contributed by atoms with Gasteiger partial charge in [0.2, 0.25) is 0 Å². The smallest absolute Gasteiger partial charge is 0.193 e. The minimum absolute atomic E-state index is 0.473. The molecule has 1 unspecified atom stereocenters. The van der Waals surface area contributed by atoms with E-state index in [4.69, 9.17) is 21.8 Å². The number of nitrogens with two attached hydrogens (primary N) is 1. The summed E-state index contributed by atoms with van der Waals surface area (Å²) in [6.07, 6.45) is 2.10. The van der Waals surface area contributed by atoms with E-state index in [0.29, 0.717) is 17.7 Å². The summed E-state index contributed by atoms with van der Waals surface area (Å²) in [6.45, 7) is 0.697. The van der Waals surface area contributed by atoms with E-state index in [-0.39, 0.29) is 0 Å². The third kappa shape index (κ3) is 1.06. The van der Waals surface area contributed by atoms with Crippen LogP contribution in [0.2, 0.25) is 5.22 Å². The molecule has 0 aromatic carbocycles. The maximum absolute atomic E-state index is 5.69. The summed E-state index contributed by atoms with van der Waals surface area (Å²) in [5.74, 6) is 1.51. The molecule has 0 amide bonds. The summed E-state index contributed by atoms with van der Waals surface area (Å²) < 4.78 is 5.27. The Kier molecular flexibility index (Phi) is 1.66. The van der Waals surface area contributed by atoms with Gasteiger partial charge in [0.1, 0.15) is 5.76 Å². The van der Waals surface area contributed by atoms with Crippen molar-refractivity contribution in [2.75, 3.05) is 6.54 Å². The van der Waals surface area contributed by atoms with E-state index in [9.17, 15) is 0 Å². The van der Waals surface area contributed by atoms with Crippen molar-refractivity contribution in [2.45, 2.75) is 18.8 Å². The maximum atomic E-state index is 5.69. The van der Waals surface area contributed by atoms with Crippen LogP contribution in [0.15, 0.2) is 10.5 Å². The minimum atomic E-state index is 0.473. The Morgan fingerprint density at radius 3 is 3.27 bits per heavy atom. The lowest BCUT2D eigenvalue weighted by Crippen LogP contribution is -2.08. The molecule has 11 heavy (non-hydrogen) atoms. The van der Waals surface area contributed by atoms with Crippen LogP contribution >= 0.6 is 11.6 Å². The fourth-order valence-electron chi connectivity index (χ4n) is 1.66. The summed E-state index contributed by atoms with van der Waals surface area (Å²) in [5, 5.41) is 0.494. The zero-order valence-electron chi connectivity index (χ0n) is 6.14. The number of furan rings is 1. The molecule has 0 saturated heterocycles. The van der Waals surface area contributed by atoms with Gasteiger partial charge in [-0.1, -0.05) is 0 Å². The molecular formula is C8H10ClNO. The van der Waals surface area contributed by atoms with Crippen molar-refractivity contribution in [3.05, 3.63) is 22.6 Å². The predicted molar refractivity (Wildman–Crippen MR) is 43.8 cm³/mol. The molecule has 0 saturated carbocycles. The van der Waals surface area contributed by atoms with Gasteiger partial charge in [0.05, 0.1) is 0 Å². The highest BCUT2D eigenvalue weighted by Crippen LogP contribution is 2.35. The molecule has 0 fully saturated rings. The number of hydrogen-bond donors (Lipinski definition) is 1. The first-order valence-electron chi connectivity index (χ1n) is 3.79. The molecule has 1 atom stereocenters. The highest BCUT2D eigenvalue weighted by Gasteiger charge is 2.25. The lowest BCUT2D eigenvalue weighted by molar-refractivity contribution is 0.515. The summed E-state index contributed by atoms with van der Waals surface area (Å²) in [4.78, 5) is 0. The molecule has 2 nitrogen and oxygen atoms in total. The van der Waals surface area contributed by atoms with Crippen LogP contribution in [0, 0.1) is 0 Å². The van der Waals surface area contributed by atoms with Gasteiger partial charge in [0, 0.05) is 12.3 Å². The predicted octanol–water partition coefficient (Wildman–Crippen LogP) is 1.92. The van der Waals surface area contributed by atoms with Crippen molar-refractivity contribution >= 4 is 11.6 Å². The Bertz CT molecular complexity index is 269. The third-order valence-electron chi connectivity index (χ3n) is 2.26. The van der Waals surface area contributed by atoms with Crippen LogP contribution in [0.3, 0.4) is 0 Å². The molecule has 1 aromatic heterocycles. The van der Waals surface area contributed by atoms with Crippen molar-refractivity contribution in [3.63, 3.8) is 0 Å². The lowest BCUT2D eigenvalue weighted by Gasteiger charge is -2.02. The van der Waals surface area contributed by atoms with Crippen molar-refractivity contribution in [1.29, 1.82) is 0 Å². The average molecular weight is 172 g/mol. The first kappa shape index (κ1) is 7.19. The first-order valence-corrected chi connectivity index (χ1v) is 4.17. The molecule has 1 aromatic rings. The van der Waals surface area contributed by atoms with E-state index in [2.05, 4.69) is 0 Å². The molecule has 1 heterocycles. The highest BCUT2D eigenvalue weighted by atomic mass is 35.5. The molecule has 3 heteroatoms. The van der Waals surface area contributed by atoms with Gasteiger partial charge in [-0.2, -0.15) is 0 Å². The van der Waals surface area contributed by atoms with Crippen LogP contribution < -0.4 is 5.73 Å². The molecule has 0 radical (unpaired) electrons. The Morgan fingerprint density at radius 2 is 2.55 bits per heavy atom. The van der Waals surface area contributed by atoms with Crippen LogP contribution in [-0.4, -0.2) is 6.54 Å². The molecule has 0 aliphatic heterocycles. The molecule has 1 aliphatic rings. The van der Waals surface area contributed by atoms with Crippen LogP contribution in [0.5, 0.6) is 0 Å². The number of halogens is 1. The normalized spacial score (nSPS) is 22.2. The quantitative estimate of drug-likeness (QED) is 0.701. The summed E-state index contributed by atoms with van der Waals surface area (Å²) in [5.41, 5.74) is 6.79. The van der Waals surface area contributed by atoms with Gasteiger partial charge < -0.3 is 10.2 Å². The van der Waals surface area contributed by atoms with Crippen molar-refractivity contribution in [2.24, 2.45) is 5.73 Å². The molecule has 2 rings (SSSR count). The van der Waals surface area contributed by atoms with Crippen LogP contribution in [0.1, 0.15) is 23.7 Å². The Balaban J connectivity index is 2.37. The van der Waals surface area contributed by atoms with E-state index in [1.807, 2.05) is 6.07 Å². The summed E-state index contributed by atoms with van der Waals surface area (Å²) >= 11 is 5.69. The van der Waals surface area contributed by atoms with E-state index < -0.39 is 0 Å². The Hall–Kier alpha value is -0.470. The standard InChI is InChI=1S/C8H10ClNO/c9-8-3-6-5(4-10)1-2-7(6)11-8/h3,5H,1-2,4,10H2. The van der Waals surface area contributed by atoms with E-state index >= 15 is 0 Å². The second-order valence-electron chi connectivity index (χ2n) is 2.90. The molecule has 0 spiro atoms. The molecule has 0 bridgehead atoms.